The van der Waals surface area contributed by atoms with Crippen molar-refractivity contribution in [3.05, 3.63) is 71.4 Å². The van der Waals surface area contributed by atoms with Gasteiger partial charge in [0.15, 0.2) is 0 Å². The van der Waals surface area contributed by atoms with Crippen LogP contribution in [-0.4, -0.2) is 20.4 Å². The number of nitrogens with one attached hydrogen (secondary N) is 1. The number of hydrogen-bond donors (Lipinski definition) is 1. The summed E-state index contributed by atoms with van der Waals surface area (Å²) in [4.78, 5) is 20.8. The summed E-state index contributed by atoms with van der Waals surface area (Å²) >= 11 is 6.32. The van der Waals surface area contributed by atoms with Crippen molar-refractivity contribution in [2.45, 2.75) is 12.3 Å². The summed E-state index contributed by atoms with van der Waals surface area (Å²) in [5.74, 6) is 0.484. The number of halogens is 1. The van der Waals surface area contributed by atoms with Gasteiger partial charge in [0.25, 0.3) is 0 Å². The normalized spacial score (nSPS) is 16.7. The van der Waals surface area contributed by atoms with E-state index in [0.29, 0.717) is 17.3 Å². The summed E-state index contributed by atoms with van der Waals surface area (Å²) < 4.78 is 1.84. The van der Waals surface area contributed by atoms with Crippen molar-refractivity contribution < 1.29 is 4.79 Å². The van der Waals surface area contributed by atoms with Gasteiger partial charge in [0.1, 0.15) is 12.1 Å². The second-order valence-corrected chi connectivity index (χ2v) is 5.79. The molecule has 23 heavy (non-hydrogen) atoms. The third-order valence-corrected chi connectivity index (χ3v) is 4.32. The Morgan fingerprint density at radius 2 is 2.09 bits per heavy atom. The summed E-state index contributed by atoms with van der Waals surface area (Å²) in [5, 5.41) is 3.56. The van der Waals surface area contributed by atoms with Gasteiger partial charge in [0.2, 0.25) is 5.91 Å². The van der Waals surface area contributed by atoms with E-state index in [1.807, 2.05) is 41.0 Å². The van der Waals surface area contributed by atoms with Crippen molar-refractivity contribution in [2.24, 2.45) is 0 Å². The average Bonchev–Trinajstić information content (AvgIpc) is 2.99. The number of amides is 1. The molecule has 1 unspecified atom stereocenters. The van der Waals surface area contributed by atoms with Gasteiger partial charge < -0.3 is 5.32 Å². The van der Waals surface area contributed by atoms with E-state index in [0.717, 1.165) is 16.9 Å². The number of aromatic nitrogens is 3. The fraction of sp³-hybridized carbons (Fsp3) is 0.118. The molecule has 0 bridgehead atoms. The van der Waals surface area contributed by atoms with Crippen molar-refractivity contribution in [3.8, 4) is 5.69 Å². The Bertz CT molecular complexity index is 875. The summed E-state index contributed by atoms with van der Waals surface area (Å²) in [7, 11) is 0. The number of imidazole rings is 1. The fourth-order valence-electron chi connectivity index (χ4n) is 2.91. The minimum Gasteiger partial charge on any atom is -0.310 e. The molecule has 2 aromatic heterocycles. The Kier molecular flexibility index (Phi) is 3.35. The monoisotopic (exact) mass is 324 g/mol. The van der Waals surface area contributed by atoms with Crippen molar-refractivity contribution in [3.63, 3.8) is 0 Å². The molecule has 6 heteroatoms. The van der Waals surface area contributed by atoms with Gasteiger partial charge in [-0.1, -0.05) is 29.8 Å². The highest BCUT2D eigenvalue weighted by molar-refractivity contribution is 6.31. The molecular weight excluding hydrogens is 312 g/mol. The third-order valence-electron chi connectivity index (χ3n) is 3.98. The molecule has 1 aliphatic rings. The summed E-state index contributed by atoms with van der Waals surface area (Å²) in [6.45, 7) is 0. The number of anilines is 1. The number of pyridine rings is 1. The van der Waals surface area contributed by atoms with Gasteiger partial charge in [-0.3, -0.25) is 14.3 Å². The zero-order valence-corrected chi connectivity index (χ0v) is 12.9. The Labute approximate surface area is 138 Å². The van der Waals surface area contributed by atoms with E-state index in [-0.39, 0.29) is 11.8 Å². The van der Waals surface area contributed by atoms with Crippen LogP contribution in [0.25, 0.3) is 5.69 Å². The molecular formula is C17H13ClN4O. The van der Waals surface area contributed by atoms with Gasteiger partial charge in [-0.05, 0) is 23.8 Å². The number of nitrogens with zero attached hydrogens (tertiary/aromatic N) is 3. The molecule has 0 aliphatic carbocycles. The first-order chi connectivity index (χ1) is 11.2. The second kappa shape index (κ2) is 5.52. The van der Waals surface area contributed by atoms with Crippen LogP contribution in [0.2, 0.25) is 5.02 Å². The molecule has 1 aromatic carbocycles. The Balaban J connectivity index is 1.85. The molecule has 4 rings (SSSR count). The van der Waals surface area contributed by atoms with E-state index in [9.17, 15) is 4.79 Å². The Hall–Kier alpha value is -2.66. The van der Waals surface area contributed by atoms with E-state index < -0.39 is 0 Å². The molecule has 5 nitrogen and oxygen atoms in total. The van der Waals surface area contributed by atoms with Gasteiger partial charge in [0.05, 0.1) is 17.6 Å². The molecule has 1 aliphatic heterocycles. The molecule has 0 saturated heterocycles. The first kappa shape index (κ1) is 14.0. The maximum atomic E-state index is 12.2. The molecule has 1 atom stereocenters. The van der Waals surface area contributed by atoms with E-state index in [4.69, 9.17) is 11.6 Å². The summed E-state index contributed by atoms with van der Waals surface area (Å²) in [6, 6.07) is 11.3. The molecule has 0 saturated carbocycles. The molecule has 1 N–H and O–H groups in total. The predicted molar refractivity (Wildman–Crippen MR) is 87.9 cm³/mol. The maximum Gasteiger partial charge on any atom is 0.226 e. The van der Waals surface area contributed by atoms with Crippen LogP contribution in [0.4, 0.5) is 5.82 Å². The lowest BCUT2D eigenvalue weighted by atomic mass is 9.90. The van der Waals surface area contributed by atoms with Crippen molar-refractivity contribution in [1.29, 1.82) is 0 Å². The lowest BCUT2D eigenvalue weighted by Crippen LogP contribution is -2.25. The van der Waals surface area contributed by atoms with Crippen LogP contribution >= 0.6 is 11.6 Å². The standard InChI is InChI=1S/C17H13ClN4O/c18-14-6-2-1-5-12(14)13-8-15(23)21-17-16(13)20-10-22(17)11-4-3-7-19-9-11/h1-7,9-10,13H,8H2,(H,21,23). The predicted octanol–water partition coefficient (Wildman–Crippen LogP) is 3.39. The second-order valence-electron chi connectivity index (χ2n) is 5.39. The minimum atomic E-state index is -0.148. The molecule has 3 aromatic rings. The average molecular weight is 325 g/mol. The van der Waals surface area contributed by atoms with E-state index >= 15 is 0 Å². The first-order valence-electron chi connectivity index (χ1n) is 7.26. The Morgan fingerprint density at radius 1 is 1.22 bits per heavy atom. The van der Waals surface area contributed by atoms with Gasteiger partial charge in [0, 0.05) is 23.6 Å². The number of hydrogen-bond acceptors (Lipinski definition) is 3. The van der Waals surface area contributed by atoms with Crippen LogP contribution in [-0.2, 0) is 4.79 Å². The Morgan fingerprint density at radius 3 is 2.87 bits per heavy atom. The number of carbonyl (C=O) groups is 1. The van der Waals surface area contributed by atoms with Gasteiger partial charge in [-0.25, -0.2) is 4.98 Å². The zero-order chi connectivity index (χ0) is 15.8. The molecule has 0 fully saturated rings. The van der Waals surface area contributed by atoms with Crippen LogP contribution in [0.5, 0.6) is 0 Å². The highest BCUT2D eigenvalue weighted by Gasteiger charge is 2.31. The van der Waals surface area contributed by atoms with E-state index in [1.54, 1.807) is 18.7 Å². The number of fused-ring (bicyclic) bond motifs is 1. The fourth-order valence-corrected chi connectivity index (χ4v) is 3.18. The summed E-state index contributed by atoms with van der Waals surface area (Å²) in [5.41, 5.74) is 2.59. The van der Waals surface area contributed by atoms with Crippen LogP contribution in [0.1, 0.15) is 23.6 Å². The molecule has 1 amide bonds. The molecule has 114 valence electrons. The number of benzene rings is 1. The molecule has 3 heterocycles. The van der Waals surface area contributed by atoms with Crippen molar-refractivity contribution in [1.82, 2.24) is 14.5 Å². The van der Waals surface area contributed by atoms with E-state index in [2.05, 4.69) is 15.3 Å². The highest BCUT2D eigenvalue weighted by atomic mass is 35.5. The third kappa shape index (κ3) is 2.39. The van der Waals surface area contributed by atoms with Crippen molar-refractivity contribution in [2.75, 3.05) is 5.32 Å². The lowest BCUT2D eigenvalue weighted by Gasteiger charge is -2.24. The number of rotatable bonds is 2. The van der Waals surface area contributed by atoms with Crippen LogP contribution in [0, 0.1) is 0 Å². The maximum absolute atomic E-state index is 12.2. The number of carbonyl (C=O) groups excluding carboxylic acids is 1. The van der Waals surface area contributed by atoms with Crippen LogP contribution in [0.15, 0.2) is 55.1 Å². The smallest absolute Gasteiger partial charge is 0.226 e. The van der Waals surface area contributed by atoms with Crippen LogP contribution in [0.3, 0.4) is 0 Å². The largest absolute Gasteiger partial charge is 0.310 e. The van der Waals surface area contributed by atoms with E-state index in [1.165, 1.54) is 0 Å². The molecule has 0 spiro atoms. The summed E-state index contributed by atoms with van der Waals surface area (Å²) in [6.07, 6.45) is 5.48. The zero-order valence-electron chi connectivity index (χ0n) is 12.1. The van der Waals surface area contributed by atoms with Gasteiger partial charge >= 0.3 is 0 Å². The van der Waals surface area contributed by atoms with Gasteiger partial charge in [-0.2, -0.15) is 0 Å². The topological polar surface area (TPSA) is 59.8 Å². The quantitative estimate of drug-likeness (QED) is 0.786. The van der Waals surface area contributed by atoms with Crippen molar-refractivity contribution >= 4 is 23.3 Å². The lowest BCUT2D eigenvalue weighted by molar-refractivity contribution is -0.116. The van der Waals surface area contributed by atoms with Crippen LogP contribution < -0.4 is 5.32 Å². The molecule has 0 radical (unpaired) electrons. The highest BCUT2D eigenvalue weighted by Crippen LogP contribution is 2.39. The first-order valence-corrected chi connectivity index (χ1v) is 7.64. The SMILES string of the molecule is O=C1CC(c2ccccc2Cl)c2ncn(-c3cccnc3)c2N1. The minimum absolute atomic E-state index is 0.0481. The van der Waals surface area contributed by atoms with Gasteiger partial charge in [-0.15, -0.1) is 0 Å².